The number of nitrogens with one attached hydrogen (secondary N) is 2. The summed E-state index contributed by atoms with van der Waals surface area (Å²) in [6.07, 6.45) is 4.57. The number of rotatable bonds is 11. The summed E-state index contributed by atoms with van der Waals surface area (Å²) in [5.74, 6) is 2.11. The number of halogens is 1. The van der Waals surface area contributed by atoms with Crippen LogP contribution in [-0.2, 0) is 17.9 Å². The molecule has 1 aromatic rings. The summed E-state index contributed by atoms with van der Waals surface area (Å²) in [5.41, 5.74) is 2.44. The third-order valence-corrected chi connectivity index (χ3v) is 4.10. The van der Waals surface area contributed by atoms with E-state index in [1.54, 1.807) is 0 Å². The predicted molar refractivity (Wildman–Crippen MR) is 118 cm³/mol. The predicted octanol–water partition coefficient (Wildman–Crippen LogP) is 4.04. The van der Waals surface area contributed by atoms with Crippen LogP contribution in [0.15, 0.2) is 29.3 Å². The number of nitrogens with zero attached hydrogens (tertiary/aromatic N) is 1. The van der Waals surface area contributed by atoms with Gasteiger partial charge in [0, 0.05) is 19.7 Å². The molecule has 0 aromatic heterocycles. The van der Waals surface area contributed by atoms with Gasteiger partial charge in [0.25, 0.3) is 0 Å². The van der Waals surface area contributed by atoms with Crippen molar-refractivity contribution in [2.45, 2.75) is 39.8 Å². The van der Waals surface area contributed by atoms with Gasteiger partial charge in [-0.1, -0.05) is 24.3 Å². The molecule has 2 N–H and O–H groups in total. The number of guanidine groups is 1. The lowest BCUT2D eigenvalue weighted by Gasteiger charge is -2.12. The highest BCUT2D eigenvalue weighted by Gasteiger charge is 2.02. The second-order valence-corrected chi connectivity index (χ2v) is 6.21. The molecule has 6 heteroatoms. The van der Waals surface area contributed by atoms with Gasteiger partial charge in [-0.15, -0.1) is 24.0 Å². The fourth-order valence-corrected chi connectivity index (χ4v) is 2.64. The van der Waals surface area contributed by atoms with Gasteiger partial charge in [0.2, 0.25) is 0 Å². The van der Waals surface area contributed by atoms with Gasteiger partial charge in [0.1, 0.15) is 0 Å². The van der Waals surface area contributed by atoms with E-state index in [0.717, 1.165) is 25.7 Å². The van der Waals surface area contributed by atoms with Crippen LogP contribution in [0.3, 0.4) is 0 Å². The number of hydrogen-bond donors (Lipinski definition) is 2. The summed E-state index contributed by atoms with van der Waals surface area (Å²) in [6, 6.07) is 8.35. The monoisotopic (exact) mass is 465 g/mol. The summed E-state index contributed by atoms with van der Waals surface area (Å²) in [6.45, 7) is 8.01. The van der Waals surface area contributed by atoms with E-state index < -0.39 is 0 Å². The van der Waals surface area contributed by atoms with Crippen molar-refractivity contribution in [2.75, 3.05) is 31.7 Å². The van der Waals surface area contributed by atoms with Crippen LogP contribution < -0.4 is 10.6 Å². The average molecular weight is 465 g/mol. The number of thioether (sulfide) groups is 1. The molecule has 0 amide bonds. The zero-order valence-electron chi connectivity index (χ0n) is 15.1. The Bertz CT molecular complexity index is 458. The quantitative estimate of drug-likeness (QED) is 0.224. The standard InChI is InChI=1S/C18H31N3OS.HI/c1-4-19-18(20-12-8-9-13-23-3)21-14-16-10-6-7-11-17(16)15-22-5-2;/h6-7,10-11H,4-5,8-9,12-15H2,1-3H3,(H2,19,20,21);1H. The zero-order chi connectivity index (χ0) is 16.8. The number of unbranched alkanes of at least 4 members (excludes halogenated alkanes) is 1. The van der Waals surface area contributed by atoms with Gasteiger partial charge in [-0.05, 0) is 49.8 Å². The molecule has 1 rings (SSSR count). The fourth-order valence-electron chi connectivity index (χ4n) is 2.15. The number of benzene rings is 1. The summed E-state index contributed by atoms with van der Waals surface area (Å²) in [7, 11) is 0. The van der Waals surface area contributed by atoms with Gasteiger partial charge >= 0.3 is 0 Å². The first-order chi connectivity index (χ1) is 11.3. The maximum Gasteiger partial charge on any atom is 0.191 e. The molecule has 0 saturated heterocycles. The van der Waals surface area contributed by atoms with Gasteiger partial charge in [-0.3, -0.25) is 0 Å². The Labute approximate surface area is 168 Å². The Kier molecular flexibility index (Phi) is 15.7. The molecule has 0 saturated carbocycles. The highest BCUT2D eigenvalue weighted by atomic mass is 127. The van der Waals surface area contributed by atoms with Gasteiger partial charge in [-0.25, -0.2) is 4.99 Å². The molecule has 0 spiro atoms. The minimum absolute atomic E-state index is 0. The van der Waals surface area contributed by atoms with Crippen molar-refractivity contribution < 1.29 is 4.74 Å². The number of hydrogen-bond acceptors (Lipinski definition) is 3. The normalized spacial score (nSPS) is 11.0. The minimum atomic E-state index is 0. The maximum absolute atomic E-state index is 5.54. The topological polar surface area (TPSA) is 45.7 Å². The first-order valence-corrected chi connectivity index (χ1v) is 9.86. The van der Waals surface area contributed by atoms with Crippen LogP contribution in [0.1, 0.15) is 37.8 Å². The summed E-state index contributed by atoms with van der Waals surface area (Å²) in [5, 5.41) is 6.72. The van der Waals surface area contributed by atoms with E-state index in [1.807, 2.05) is 18.7 Å². The van der Waals surface area contributed by atoms with Crippen LogP contribution in [0.5, 0.6) is 0 Å². The Hall–Kier alpha value is -0.470. The Morgan fingerprint density at radius 3 is 2.54 bits per heavy atom. The summed E-state index contributed by atoms with van der Waals surface area (Å²) >= 11 is 1.90. The minimum Gasteiger partial charge on any atom is -0.377 e. The van der Waals surface area contributed by atoms with Crippen molar-refractivity contribution >= 4 is 41.7 Å². The Morgan fingerprint density at radius 2 is 1.88 bits per heavy atom. The first kappa shape index (κ1) is 23.5. The summed E-state index contributed by atoms with van der Waals surface area (Å²) in [4.78, 5) is 4.70. The molecule has 0 atom stereocenters. The lowest BCUT2D eigenvalue weighted by molar-refractivity contribution is 0.133. The molecule has 0 aliphatic rings. The molecular weight excluding hydrogens is 433 g/mol. The number of ether oxygens (including phenoxy) is 1. The van der Waals surface area contributed by atoms with Crippen molar-refractivity contribution in [1.29, 1.82) is 0 Å². The average Bonchev–Trinajstić information content (AvgIpc) is 2.58. The zero-order valence-corrected chi connectivity index (χ0v) is 18.3. The highest BCUT2D eigenvalue weighted by Crippen LogP contribution is 2.11. The molecule has 1 aromatic carbocycles. The molecule has 0 radical (unpaired) electrons. The van der Waals surface area contributed by atoms with Crippen LogP contribution >= 0.6 is 35.7 Å². The van der Waals surface area contributed by atoms with E-state index in [-0.39, 0.29) is 24.0 Å². The second-order valence-electron chi connectivity index (χ2n) is 5.23. The smallest absolute Gasteiger partial charge is 0.191 e. The Balaban J connectivity index is 0.00000529. The molecule has 0 aliphatic carbocycles. The van der Waals surface area contributed by atoms with Crippen LogP contribution in [0.25, 0.3) is 0 Å². The van der Waals surface area contributed by atoms with E-state index in [9.17, 15) is 0 Å². The molecule has 0 bridgehead atoms. The fraction of sp³-hybridized carbons (Fsp3) is 0.611. The molecule has 24 heavy (non-hydrogen) atoms. The third kappa shape index (κ3) is 10.4. The third-order valence-electron chi connectivity index (χ3n) is 3.40. The molecule has 0 fully saturated rings. The van der Waals surface area contributed by atoms with Crippen LogP contribution in [0.4, 0.5) is 0 Å². The van der Waals surface area contributed by atoms with E-state index in [1.165, 1.54) is 29.7 Å². The second kappa shape index (κ2) is 16.0. The molecular formula is C18H32IN3OS. The maximum atomic E-state index is 5.54. The van der Waals surface area contributed by atoms with E-state index >= 15 is 0 Å². The van der Waals surface area contributed by atoms with E-state index in [2.05, 4.69) is 48.1 Å². The van der Waals surface area contributed by atoms with Crippen LogP contribution in [0.2, 0.25) is 0 Å². The van der Waals surface area contributed by atoms with E-state index in [0.29, 0.717) is 13.2 Å². The summed E-state index contributed by atoms with van der Waals surface area (Å²) < 4.78 is 5.54. The molecule has 0 unspecified atom stereocenters. The van der Waals surface area contributed by atoms with Gasteiger partial charge in [0.05, 0.1) is 13.2 Å². The first-order valence-electron chi connectivity index (χ1n) is 8.47. The SMILES string of the molecule is CCNC(=NCc1ccccc1COCC)NCCCCSC.I. The lowest BCUT2D eigenvalue weighted by atomic mass is 10.1. The van der Waals surface area contributed by atoms with Crippen molar-refractivity contribution in [1.82, 2.24) is 10.6 Å². The van der Waals surface area contributed by atoms with Crippen molar-refractivity contribution in [3.05, 3.63) is 35.4 Å². The molecule has 0 aliphatic heterocycles. The largest absolute Gasteiger partial charge is 0.377 e. The highest BCUT2D eigenvalue weighted by molar-refractivity contribution is 14.0. The van der Waals surface area contributed by atoms with Gasteiger partial charge < -0.3 is 15.4 Å². The van der Waals surface area contributed by atoms with E-state index in [4.69, 9.17) is 9.73 Å². The van der Waals surface area contributed by atoms with Crippen molar-refractivity contribution in [2.24, 2.45) is 4.99 Å². The molecule has 0 heterocycles. The van der Waals surface area contributed by atoms with Crippen molar-refractivity contribution in [3.8, 4) is 0 Å². The Morgan fingerprint density at radius 1 is 1.12 bits per heavy atom. The van der Waals surface area contributed by atoms with Crippen LogP contribution in [0, 0.1) is 0 Å². The number of aliphatic imine (C=N–C) groups is 1. The van der Waals surface area contributed by atoms with Gasteiger partial charge in [0.15, 0.2) is 5.96 Å². The molecule has 4 nitrogen and oxygen atoms in total. The van der Waals surface area contributed by atoms with Crippen molar-refractivity contribution in [3.63, 3.8) is 0 Å². The van der Waals surface area contributed by atoms with Gasteiger partial charge in [-0.2, -0.15) is 11.8 Å². The molecule has 138 valence electrons. The van der Waals surface area contributed by atoms with Crippen LogP contribution in [-0.4, -0.2) is 37.7 Å². The lowest BCUT2D eigenvalue weighted by Crippen LogP contribution is -2.37.